The summed E-state index contributed by atoms with van der Waals surface area (Å²) in [5, 5.41) is 9.12. The second-order valence-electron chi connectivity index (χ2n) is 4.78. The second-order valence-corrected chi connectivity index (χ2v) is 4.78. The number of nitrogens with zero attached hydrogens (tertiary/aromatic N) is 1. The van der Waals surface area contributed by atoms with Crippen molar-refractivity contribution in [1.82, 2.24) is 0 Å². The summed E-state index contributed by atoms with van der Waals surface area (Å²) < 4.78 is 5.72. The number of nitrogens with two attached hydrogens (primary N) is 1. The minimum absolute atomic E-state index is 0.163. The number of carbonyl (C=O) groups is 1. The van der Waals surface area contributed by atoms with Crippen LogP contribution in [0.15, 0.2) is 18.2 Å². The van der Waals surface area contributed by atoms with E-state index in [1.165, 1.54) is 0 Å². The lowest BCUT2D eigenvalue weighted by atomic mass is 10.1. The number of nitrogen functional groups attached to an aromatic ring is 1. The Kier molecular flexibility index (Phi) is 4.27. The first-order valence-corrected chi connectivity index (χ1v) is 6.61. The average molecular weight is 264 g/mol. The van der Waals surface area contributed by atoms with Crippen molar-refractivity contribution in [3.8, 4) is 0 Å². The van der Waals surface area contributed by atoms with E-state index >= 15 is 0 Å². The summed E-state index contributed by atoms with van der Waals surface area (Å²) in [6, 6.07) is 5.18. The van der Waals surface area contributed by atoms with Crippen molar-refractivity contribution in [2.24, 2.45) is 0 Å². The number of benzene rings is 1. The summed E-state index contributed by atoms with van der Waals surface area (Å²) in [5.41, 5.74) is 7.04. The molecule has 0 amide bonds. The maximum absolute atomic E-state index is 11.1. The van der Waals surface area contributed by atoms with Crippen LogP contribution in [-0.2, 0) is 4.74 Å². The summed E-state index contributed by atoms with van der Waals surface area (Å²) in [6.07, 6.45) is 2.11. The van der Waals surface area contributed by atoms with Crippen molar-refractivity contribution < 1.29 is 14.6 Å². The molecule has 1 heterocycles. The first kappa shape index (κ1) is 13.7. The van der Waals surface area contributed by atoms with E-state index in [9.17, 15) is 4.79 Å². The predicted molar refractivity (Wildman–Crippen MR) is 74.7 cm³/mol. The van der Waals surface area contributed by atoms with Crippen LogP contribution in [-0.4, -0.2) is 36.9 Å². The highest BCUT2D eigenvalue weighted by atomic mass is 16.5. The summed E-state index contributed by atoms with van der Waals surface area (Å²) in [6.45, 7) is 4.52. The van der Waals surface area contributed by atoms with E-state index in [1.54, 1.807) is 12.1 Å². The van der Waals surface area contributed by atoms with Gasteiger partial charge in [-0.25, -0.2) is 4.79 Å². The SMILES string of the molecule is CCC1CN(c2ccc(N)c(C(=O)O)c2)CCCO1. The molecule has 1 saturated heterocycles. The van der Waals surface area contributed by atoms with E-state index in [0.717, 1.165) is 38.2 Å². The van der Waals surface area contributed by atoms with Crippen LogP contribution in [0.2, 0.25) is 0 Å². The first-order valence-electron chi connectivity index (χ1n) is 6.61. The predicted octanol–water partition coefficient (Wildman–Crippen LogP) is 1.97. The maximum Gasteiger partial charge on any atom is 0.337 e. The average Bonchev–Trinajstić information content (AvgIpc) is 2.64. The molecule has 3 N–H and O–H groups in total. The third-order valence-electron chi connectivity index (χ3n) is 3.44. The number of anilines is 2. The summed E-state index contributed by atoms with van der Waals surface area (Å²) in [5.74, 6) is -0.988. The van der Waals surface area contributed by atoms with Gasteiger partial charge in [-0.2, -0.15) is 0 Å². The molecule has 0 saturated carbocycles. The Morgan fingerprint density at radius 3 is 3.05 bits per heavy atom. The van der Waals surface area contributed by atoms with Crippen molar-refractivity contribution in [2.75, 3.05) is 30.3 Å². The standard InChI is InChI=1S/C14H20N2O3/c1-2-11-9-16(6-3-7-19-11)10-4-5-13(15)12(8-10)14(17)18/h4-5,8,11H,2-3,6-7,9,15H2,1H3,(H,17,18). The minimum Gasteiger partial charge on any atom is -0.478 e. The quantitative estimate of drug-likeness (QED) is 0.816. The van der Waals surface area contributed by atoms with Crippen LogP contribution in [0.3, 0.4) is 0 Å². The molecule has 19 heavy (non-hydrogen) atoms. The van der Waals surface area contributed by atoms with Gasteiger partial charge in [-0.05, 0) is 31.0 Å². The number of carboxylic acids is 1. The zero-order valence-corrected chi connectivity index (χ0v) is 11.1. The Balaban J connectivity index is 2.24. The van der Waals surface area contributed by atoms with Crippen molar-refractivity contribution in [3.63, 3.8) is 0 Å². The van der Waals surface area contributed by atoms with Gasteiger partial charge in [0.05, 0.1) is 11.7 Å². The Morgan fingerprint density at radius 1 is 1.58 bits per heavy atom. The van der Waals surface area contributed by atoms with Gasteiger partial charge in [0.15, 0.2) is 0 Å². The van der Waals surface area contributed by atoms with E-state index in [2.05, 4.69) is 11.8 Å². The Morgan fingerprint density at radius 2 is 2.37 bits per heavy atom. The van der Waals surface area contributed by atoms with Crippen LogP contribution in [0.5, 0.6) is 0 Å². The fourth-order valence-corrected chi connectivity index (χ4v) is 2.30. The molecule has 1 atom stereocenters. The lowest BCUT2D eigenvalue weighted by molar-refractivity contribution is 0.0664. The van der Waals surface area contributed by atoms with Gasteiger partial charge in [-0.3, -0.25) is 0 Å². The molecule has 0 aliphatic carbocycles. The van der Waals surface area contributed by atoms with Gasteiger partial charge >= 0.3 is 5.97 Å². The Labute approximate surface area is 113 Å². The summed E-state index contributed by atoms with van der Waals surface area (Å²) in [7, 11) is 0. The smallest absolute Gasteiger partial charge is 0.337 e. The number of rotatable bonds is 3. The van der Waals surface area contributed by atoms with Crippen LogP contribution in [0.4, 0.5) is 11.4 Å². The second kappa shape index (κ2) is 5.93. The van der Waals surface area contributed by atoms with Crippen LogP contribution < -0.4 is 10.6 Å². The summed E-state index contributed by atoms with van der Waals surface area (Å²) >= 11 is 0. The van der Waals surface area contributed by atoms with Gasteiger partial charge < -0.3 is 20.5 Å². The molecule has 0 aromatic heterocycles. The minimum atomic E-state index is -0.988. The number of aromatic carboxylic acids is 1. The van der Waals surface area contributed by atoms with Gasteiger partial charge in [0.1, 0.15) is 0 Å². The molecular formula is C14H20N2O3. The van der Waals surface area contributed by atoms with Crippen LogP contribution in [0, 0.1) is 0 Å². The normalized spacial score (nSPS) is 20.1. The monoisotopic (exact) mass is 264 g/mol. The molecule has 1 unspecified atom stereocenters. The Bertz CT molecular complexity index is 462. The molecule has 1 aliphatic rings. The van der Waals surface area contributed by atoms with Crippen LogP contribution in [0.25, 0.3) is 0 Å². The molecule has 0 bridgehead atoms. The van der Waals surface area contributed by atoms with Crippen molar-refractivity contribution >= 4 is 17.3 Å². The fraction of sp³-hybridized carbons (Fsp3) is 0.500. The lowest BCUT2D eigenvalue weighted by Gasteiger charge is -2.25. The van der Waals surface area contributed by atoms with Crippen LogP contribution >= 0.6 is 0 Å². The molecule has 1 aromatic carbocycles. The fourth-order valence-electron chi connectivity index (χ4n) is 2.30. The third kappa shape index (κ3) is 3.17. The first-order chi connectivity index (χ1) is 9.11. The van der Waals surface area contributed by atoms with E-state index in [4.69, 9.17) is 15.6 Å². The zero-order valence-electron chi connectivity index (χ0n) is 11.1. The number of carboxylic acid groups (broad SMARTS) is 1. The molecule has 5 nitrogen and oxygen atoms in total. The molecule has 1 aromatic rings. The molecule has 2 rings (SSSR count). The molecular weight excluding hydrogens is 244 g/mol. The van der Waals surface area contributed by atoms with E-state index in [1.807, 2.05) is 6.07 Å². The zero-order chi connectivity index (χ0) is 13.8. The van der Waals surface area contributed by atoms with Gasteiger partial charge in [-0.1, -0.05) is 6.92 Å². The highest BCUT2D eigenvalue weighted by molar-refractivity contribution is 5.94. The molecule has 0 radical (unpaired) electrons. The molecule has 5 heteroatoms. The molecule has 104 valence electrons. The summed E-state index contributed by atoms with van der Waals surface area (Å²) in [4.78, 5) is 13.3. The van der Waals surface area contributed by atoms with Crippen LogP contribution in [0.1, 0.15) is 30.1 Å². The van der Waals surface area contributed by atoms with Gasteiger partial charge in [0, 0.05) is 31.1 Å². The van der Waals surface area contributed by atoms with Gasteiger partial charge in [-0.15, -0.1) is 0 Å². The van der Waals surface area contributed by atoms with E-state index in [-0.39, 0.29) is 11.7 Å². The highest BCUT2D eigenvalue weighted by Gasteiger charge is 2.19. The topological polar surface area (TPSA) is 75.8 Å². The molecule has 1 fully saturated rings. The van der Waals surface area contributed by atoms with Crippen molar-refractivity contribution in [3.05, 3.63) is 23.8 Å². The highest BCUT2D eigenvalue weighted by Crippen LogP contribution is 2.23. The van der Waals surface area contributed by atoms with Gasteiger partial charge in [0.2, 0.25) is 0 Å². The third-order valence-corrected chi connectivity index (χ3v) is 3.44. The Hall–Kier alpha value is -1.75. The van der Waals surface area contributed by atoms with Crippen molar-refractivity contribution in [1.29, 1.82) is 0 Å². The molecule has 1 aliphatic heterocycles. The largest absolute Gasteiger partial charge is 0.478 e. The number of hydrogen-bond donors (Lipinski definition) is 2. The number of hydrogen-bond acceptors (Lipinski definition) is 4. The maximum atomic E-state index is 11.1. The van der Waals surface area contributed by atoms with E-state index < -0.39 is 5.97 Å². The lowest BCUT2D eigenvalue weighted by Crippen LogP contribution is -2.31. The van der Waals surface area contributed by atoms with Gasteiger partial charge in [0.25, 0.3) is 0 Å². The van der Waals surface area contributed by atoms with Crippen molar-refractivity contribution in [2.45, 2.75) is 25.9 Å². The van der Waals surface area contributed by atoms with E-state index in [0.29, 0.717) is 5.69 Å². The number of ether oxygens (including phenoxy) is 1. The molecule has 0 spiro atoms.